The quantitative estimate of drug-likeness (QED) is 0.261. The normalized spacial score (nSPS) is 20.4. The summed E-state index contributed by atoms with van der Waals surface area (Å²) in [4.78, 5) is 0. The number of ether oxygens (including phenoxy) is 4. The first-order valence-corrected chi connectivity index (χ1v) is 12.6. The maximum atomic E-state index is 6.07. The van der Waals surface area contributed by atoms with Crippen LogP contribution in [0.3, 0.4) is 0 Å². The minimum Gasteiger partial charge on any atom is -0.491 e. The lowest BCUT2D eigenvalue weighted by Crippen LogP contribution is -2.28. The third-order valence-corrected chi connectivity index (χ3v) is 7.51. The van der Waals surface area contributed by atoms with Gasteiger partial charge in [-0.15, -0.1) is 0 Å². The van der Waals surface area contributed by atoms with E-state index in [-0.39, 0.29) is 12.2 Å². The van der Waals surface area contributed by atoms with Crippen molar-refractivity contribution in [2.45, 2.75) is 24.5 Å². The molecule has 2 heterocycles. The van der Waals surface area contributed by atoms with Crippen LogP contribution in [0.1, 0.15) is 27.8 Å². The zero-order valence-corrected chi connectivity index (χ0v) is 20.3. The van der Waals surface area contributed by atoms with Crippen molar-refractivity contribution >= 4 is 0 Å². The SMILES string of the molecule is Cc1cc(C2(c3ccc(OCC4CO4)cc3)c3ccccc3-c3ccccc32)ccc1OCC1CO1. The summed E-state index contributed by atoms with van der Waals surface area (Å²) in [6, 6.07) is 32.8. The van der Waals surface area contributed by atoms with E-state index in [0.29, 0.717) is 13.2 Å². The monoisotopic (exact) mass is 476 g/mol. The molecular formula is C32H28O4. The number of epoxide rings is 2. The zero-order chi connectivity index (χ0) is 24.1. The Bertz CT molecular complexity index is 1370. The van der Waals surface area contributed by atoms with Gasteiger partial charge in [0.1, 0.15) is 36.9 Å². The number of fused-ring (bicyclic) bond motifs is 3. The Labute approximate surface area is 211 Å². The molecule has 0 N–H and O–H groups in total. The number of hydrogen-bond acceptors (Lipinski definition) is 4. The summed E-state index contributed by atoms with van der Waals surface area (Å²) in [5.74, 6) is 1.78. The van der Waals surface area contributed by atoms with E-state index in [1.54, 1.807) is 0 Å². The molecule has 4 heteroatoms. The summed E-state index contributed by atoms with van der Waals surface area (Å²) < 4.78 is 22.7. The Hall–Kier alpha value is -3.60. The summed E-state index contributed by atoms with van der Waals surface area (Å²) in [6.07, 6.45) is 0.469. The lowest BCUT2D eigenvalue weighted by Gasteiger charge is -2.34. The smallest absolute Gasteiger partial charge is 0.122 e. The predicted molar refractivity (Wildman–Crippen MR) is 139 cm³/mol. The van der Waals surface area contributed by atoms with Gasteiger partial charge in [-0.2, -0.15) is 0 Å². The van der Waals surface area contributed by atoms with Crippen LogP contribution in [0.2, 0.25) is 0 Å². The van der Waals surface area contributed by atoms with Crippen LogP contribution in [0.5, 0.6) is 11.5 Å². The molecule has 2 unspecified atom stereocenters. The fourth-order valence-electron chi connectivity index (χ4n) is 5.57. The first-order valence-electron chi connectivity index (χ1n) is 12.6. The standard InChI is InChI=1S/C32H28O4/c1-21-16-23(12-15-31(21)36-20-26-19-35-26)32(22-10-13-24(14-11-22)33-17-25-18-34-25)29-8-4-2-6-27(29)28-7-3-5-9-30(28)32/h2-16,25-26H,17-20H2,1H3. The highest BCUT2D eigenvalue weighted by Gasteiger charge is 2.46. The summed E-state index contributed by atoms with van der Waals surface area (Å²) in [5, 5.41) is 0. The van der Waals surface area contributed by atoms with Crippen LogP contribution in [-0.2, 0) is 14.9 Å². The van der Waals surface area contributed by atoms with E-state index in [9.17, 15) is 0 Å². The molecule has 0 bridgehead atoms. The van der Waals surface area contributed by atoms with Gasteiger partial charge in [0.15, 0.2) is 0 Å². The molecule has 0 amide bonds. The molecule has 3 aliphatic rings. The van der Waals surface area contributed by atoms with Gasteiger partial charge in [0, 0.05) is 0 Å². The fraction of sp³-hybridized carbons (Fsp3) is 0.250. The molecule has 2 fully saturated rings. The average Bonchev–Trinajstić information content (AvgIpc) is 3.85. The molecule has 0 spiro atoms. The molecule has 1 aliphatic carbocycles. The molecule has 0 saturated carbocycles. The van der Waals surface area contributed by atoms with Crippen LogP contribution >= 0.6 is 0 Å². The molecule has 0 radical (unpaired) electrons. The van der Waals surface area contributed by atoms with E-state index in [1.807, 2.05) is 0 Å². The lowest BCUT2D eigenvalue weighted by molar-refractivity contribution is 0.261. The predicted octanol–water partition coefficient (Wildman–Crippen LogP) is 5.91. The zero-order valence-electron chi connectivity index (χ0n) is 20.3. The van der Waals surface area contributed by atoms with Crippen molar-refractivity contribution in [3.63, 3.8) is 0 Å². The van der Waals surface area contributed by atoms with Gasteiger partial charge < -0.3 is 18.9 Å². The van der Waals surface area contributed by atoms with Crippen LogP contribution in [-0.4, -0.2) is 38.6 Å². The topological polar surface area (TPSA) is 43.5 Å². The van der Waals surface area contributed by atoms with Crippen molar-refractivity contribution in [2.24, 2.45) is 0 Å². The van der Waals surface area contributed by atoms with Crippen LogP contribution < -0.4 is 9.47 Å². The largest absolute Gasteiger partial charge is 0.491 e. The van der Waals surface area contributed by atoms with Crippen molar-refractivity contribution in [2.75, 3.05) is 26.4 Å². The molecule has 4 aromatic carbocycles. The van der Waals surface area contributed by atoms with E-state index < -0.39 is 5.41 Å². The Balaban J connectivity index is 1.38. The van der Waals surface area contributed by atoms with Gasteiger partial charge in [-0.1, -0.05) is 72.8 Å². The van der Waals surface area contributed by atoms with Gasteiger partial charge >= 0.3 is 0 Å². The Morgan fingerprint density at radius 1 is 0.694 bits per heavy atom. The van der Waals surface area contributed by atoms with Gasteiger partial charge in [-0.3, -0.25) is 0 Å². The van der Waals surface area contributed by atoms with E-state index in [4.69, 9.17) is 18.9 Å². The van der Waals surface area contributed by atoms with Gasteiger partial charge in [0.05, 0.1) is 18.6 Å². The lowest BCUT2D eigenvalue weighted by atomic mass is 9.67. The minimum atomic E-state index is -0.436. The molecule has 36 heavy (non-hydrogen) atoms. The fourth-order valence-corrected chi connectivity index (χ4v) is 5.57. The van der Waals surface area contributed by atoms with Crippen LogP contribution in [0, 0.1) is 6.92 Å². The second-order valence-electron chi connectivity index (χ2n) is 9.88. The summed E-state index contributed by atoms with van der Waals surface area (Å²) in [6.45, 7) is 4.92. The third-order valence-electron chi connectivity index (χ3n) is 7.51. The summed E-state index contributed by atoms with van der Waals surface area (Å²) >= 11 is 0. The summed E-state index contributed by atoms with van der Waals surface area (Å²) in [7, 11) is 0. The van der Waals surface area contributed by atoms with E-state index in [0.717, 1.165) is 30.3 Å². The highest BCUT2D eigenvalue weighted by Crippen LogP contribution is 2.56. The van der Waals surface area contributed by atoms with Crippen molar-refractivity contribution in [3.05, 3.63) is 119 Å². The Morgan fingerprint density at radius 3 is 1.83 bits per heavy atom. The van der Waals surface area contributed by atoms with E-state index in [1.165, 1.54) is 33.4 Å². The van der Waals surface area contributed by atoms with Gasteiger partial charge in [-0.25, -0.2) is 0 Å². The van der Waals surface area contributed by atoms with Crippen LogP contribution in [0.4, 0.5) is 0 Å². The molecule has 0 aromatic heterocycles. The Morgan fingerprint density at radius 2 is 1.25 bits per heavy atom. The van der Waals surface area contributed by atoms with Crippen LogP contribution in [0.15, 0.2) is 91.0 Å². The second kappa shape index (κ2) is 8.51. The summed E-state index contributed by atoms with van der Waals surface area (Å²) in [5.41, 5.74) is 8.29. The first-order chi connectivity index (χ1) is 17.7. The van der Waals surface area contributed by atoms with Gasteiger partial charge in [0.2, 0.25) is 0 Å². The van der Waals surface area contributed by atoms with Gasteiger partial charge in [0.25, 0.3) is 0 Å². The molecule has 2 aliphatic heterocycles. The third kappa shape index (κ3) is 3.60. The highest BCUT2D eigenvalue weighted by molar-refractivity contribution is 5.86. The maximum absolute atomic E-state index is 6.07. The minimum absolute atomic E-state index is 0.233. The number of rotatable bonds is 8. The first kappa shape index (κ1) is 21.7. The molecular weight excluding hydrogens is 448 g/mol. The van der Waals surface area contributed by atoms with Crippen molar-refractivity contribution in [1.29, 1.82) is 0 Å². The van der Waals surface area contributed by atoms with Crippen molar-refractivity contribution < 1.29 is 18.9 Å². The molecule has 4 nitrogen and oxygen atoms in total. The molecule has 7 rings (SSSR count). The molecule has 2 atom stereocenters. The number of aryl methyl sites for hydroxylation is 1. The maximum Gasteiger partial charge on any atom is 0.122 e. The molecule has 2 saturated heterocycles. The van der Waals surface area contributed by atoms with E-state index in [2.05, 4.69) is 97.9 Å². The van der Waals surface area contributed by atoms with Crippen LogP contribution in [0.25, 0.3) is 11.1 Å². The second-order valence-corrected chi connectivity index (χ2v) is 9.88. The van der Waals surface area contributed by atoms with Crippen molar-refractivity contribution in [1.82, 2.24) is 0 Å². The van der Waals surface area contributed by atoms with Crippen molar-refractivity contribution in [3.8, 4) is 22.6 Å². The number of benzene rings is 4. The highest BCUT2D eigenvalue weighted by atomic mass is 16.6. The van der Waals surface area contributed by atoms with Gasteiger partial charge in [-0.05, 0) is 64.1 Å². The van der Waals surface area contributed by atoms with E-state index >= 15 is 0 Å². The number of hydrogen-bond donors (Lipinski definition) is 0. The average molecular weight is 477 g/mol. The molecule has 180 valence electrons. The Kier molecular flexibility index (Phi) is 5.12. The molecule has 4 aromatic rings.